The van der Waals surface area contributed by atoms with Crippen LogP contribution in [0.1, 0.15) is 109 Å². The summed E-state index contributed by atoms with van der Waals surface area (Å²) < 4.78 is 31.4. The molecule has 1 aromatic carbocycles. The molecule has 0 bridgehead atoms. The Morgan fingerprint density at radius 2 is 1.17 bits per heavy atom. The van der Waals surface area contributed by atoms with Gasteiger partial charge in [0, 0.05) is 0 Å². The van der Waals surface area contributed by atoms with Gasteiger partial charge >= 0.3 is 29.6 Å². The monoisotopic (exact) mass is 434 g/mol. The van der Waals surface area contributed by atoms with Crippen molar-refractivity contribution < 1.29 is 47.6 Å². The zero-order valence-electron chi connectivity index (χ0n) is 18.6. The summed E-state index contributed by atoms with van der Waals surface area (Å²) in [6.07, 6.45) is 20.4. The van der Waals surface area contributed by atoms with E-state index in [0.29, 0.717) is 0 Å². The average molecular weight is 435 g/mol. The largest absolute Gasteiger partial charge is 1.00 e. The number of benzene rings is 1. The zero-order valence-corrected chi connectivity index (χ0v) is 21.4. The summed E-state index contributed by atoms with van der Waals surface area (Å²) in [6.45, 7) is 2.26. The van der Waals surface area contributed by atoms with E-state index in [9.17, 15) is 13.5 Å². The fourth-order valence-electron chi connectivity index (χ4n) is 3.61. The Hall–Kier alpha value is -0.0700. The predicted octanol–water partition coefficient (Wildman–Crippen LogP) is 3.42. The van der Waals surface area contributed by atoms with E-state index in [0.717, 1.165) is 24.8 Å². The van der Waals surface area contributed by atoms with E-state index >= 15 is 0 Å². The molecule has 0 unspecified atom stereocenters. The van der Waals surface area contributed by atoms with Crippen molar-refractivity contribution >= 4 is 10.1 Å². The molecule has 0 spiro atoms. The SMILES string of the molecule is CCCCCCCCCCCCCCCCCc1ccc([O-])c(S(=O)(=O)O)c1.[Na+]. The molecule has 0 saturated carbocycles. The van der Waals surface area contributed by atoms with E-state index in [1.54, 1.807) is 6.07 Å². The van der Waals surface area contributed by atoms with Gasteiger partial charge in [-0.1, -0.05) is 115 Å². The summed E-state index contributed by atoms with van der Waals surface area (Å²) in [7, 11) is -4.43. The smallest absolute Gasteiger partial charge is 0.872 e. The molecule has 0 saturated heterocycles. The van der Waals surface area contributed by atoms with Gasteiger partial charge in [0.05, 0.1) is 4.90 Å². The van der Waals surface area contributed by atoms with Gasteiger partial charge in [-0.25, -0.2) is 0 Å². The summed E-state index contributed by atoms with van der Waals surface area (Å²) >= 11 is 0. The summed E-state index contributed by atoms with van der Waals surface area (Å²) in [6, 6.07) is 4.19. The maximum atomic E-state index is 11.5. The van der Waals surface area contributed by atoms with E-state index in [-0.39, 0.29) is 29.6 Å². The minimum absolute atomic E-state index is 0. The summed E-state index contributed by atoms with van der Waals surface area (Å²) in [4.78, 5) is -0.508. The first-order chi connectivity index (χ1) is 13.4. The molecule has 0 aromatic heterocycles. The van der Waals surface area contributed by atoms with Crippen molar-refractivity contribution in [2.75, 3.05) is 0 Å². The Morgan fingerprint density at radius 1 is 0.759 bits per heavy atom. The van der Waals surface area contributed by atoms with E-state index in [1.165, 1.54) is 95.6 Å². The van der Waals surface area contributed by atoms with Crippen LogP contribution >= 0.6 is 0 Å². The fourth-order valence-corrected chi connectivity index (χ4v) is 4.23. The Kier molecular flexibility index (Phi) is 17.6. The predicted molar refractivity (Wildman–Crippen MR) is 114 cm³/mol. The Bertz CT molecular complexity index is 632. The van der Waals surface area contributed by atoms with Gasteiger partial charge in [-0.3, -0.25) is 4.55 Å². The third-order valence-corrected chi connectivity index (χ3v) is 6.23. The number of unbranched alkanes of at least 4 members (excludes halogenated alkanes) is 14. The Balaban J connectivity index is 0.00000784. The number of aryl methyl sites for hydroxylation is 1. The molecule has 0 aliphatic heterocycles. The van der Waals surface area contributed by atoms with Crippen LogP contribution in [0.4, 0.5) is 0 Å². The first-order valence-corrected chi connectivity index (χ1v) is 12.7. The summed E-state index contributed by atoms with van der Waals surface area (Å²) in [5, 5.41) is 11.5. The van der Waals surface area contributed by atoms with Crippen LogP contribution in [0, 0.1) is 0 Å². The van der Waals surface area contributed by atoms with Gasteiger partial charge in [0.2, 0.25) is 0 Å². The second-order valence-corrected chi connectivity index (χ2v) is 9.35. The van der Waals surface area contributed by atoms with Crippen LogP contribution in [0.3, 0.4) is 0 Å². The Labute approximate surface area is 200 Å². The molecule has 0 amide bonds. The van der Waals surface area contributed by atoms with Crippen molar-refractivity contribution in [2.24, 2.45) is 0 Å². The Morgan fingerprint density at radius 3 is 1.59 bits per heavy atom. The van der Waals surface area contributed by atoms with E-state index < -0.39 is 20.8 Å². The molecule has 0 heterocycles. The minimum atomic E-state index is -4.43. The number of hydrogen-bond acceptors (Lipinski definition) is 3. The van der Waals surface area contributed by atoms with Crippen LogP contribution < -0.4 is 34.7 Å². The van der Waals surface area contributed by atoms with Crippen molar-refractivity contribution in [1.29, 1.82) is 0 Å². The van der Waals surface area contributed by atoms with Gasteiger partial charge in [-0.15, -0.1) is 0 Å². The maximum Gasteiger partial charge on any atom is 1.00 e. The molecule has 4 nitrogen and oxygen atoms in total. The van der Waals surface area contributed by atoms with Gasteiger partial charge in [-0.2, -0.15) is 8.42 Å². The molecular formula is C23H39NaO4S. The van der Waals surface area contributed by atoms with Crippen LogP contribution in [0.5, 0.6) is 5.75 Å². The van der Waals surface area contributed by atoms with Crippen molar-refractivity contribution in [3.8, 4) is 5.75 Å². The first-order valence-electron chi connectivity index (χ1n) is 11.2. The van der Waals surface area contributed by atoms with E-state index in [1.807, 2.05) is 0 Å². The summed E-state index contributed by atoms with van der Waals surface area (Å²) in [5.74, 6) is -0.650. The maximum absolute atomic E-state index is 11.5. The third-order valence-electron chi connectivity index (χ3n) is 5.36. The minimum Gasteiger partial charge on any atom is -0.872 e. The molecule has 162 valence electrons. The topological polar surface area (TPSA) is 77.4 Å². The normalized spacial score (nSPS) is 11.4. The number of rotatable bonds is 17. The third kappa shape index (κ3) is 14.5. The second-order valence-electron chi connectivity index (χ2n) is 7.96. The molecule has 29 heavy (non-hydrogen) atoms. The van der Waals surface area contributed by atoms with Gasteiger partial charge < -0.3 is 5.11 Å². The van der Waals surface area contributed by atoms with Gasteiger partial charge in [0.15, 0.2) is 0 Å². The van der Waals surface area contributed by atoms with Crippen molar-refractivity contribution in [2.45, 2.75) is 115 Å². The van der Waals surface area contributed by atoms with Crippen LogP contribution in [0.15, 0.2) is 23.1 Å². The van der Waals surface area contributed by atoms with Crippen molar-refractivity contribution in [1.82, 2.24) is 0 Å². The van der Waals surface area contributed by atoms with Crippen molar-refractivity contribution in [3.05, 3.63) is 23.8 Å². The van der Waals surface area contributed by atoms with Crippen LogP contribution in [0.2, 0.25) is 0 Å². The average Bonchev–Trinajstić information content (AvgIpc) is 2.65. The molecule has 0 aliphatic rings. The van der Waals surface area contributed by atoms with Crippen LogP contribution in [0.25, 0.3) is 0 Å². The van der Waals surface area contributed by atoms with Crippen LogP contribution in [-0.4, -0.2) is 13.0 Å². The van der Waals surface area contributed by atoms with E-state index in [4.69, 9.17) is 4.55 Å². The molecule has 0 radical (unpaired) electrons. The second kappa shape index (κ2) is 17.6. The van der Waals surface area contributed by atoms with Gasteiger partial charge in [0.25, 0.3) is 10.1 Å². The molecule has 1 rings (SSSR count). The molecular weight excluding hydrogens is 395 g/mol. The molecule has 1 aromatic rings. The van der Waals surface area contributed by atoms with Gasteiger partial charge in [-0.05, 0) is 24.5 Å². The number of hydrogen-bond donors (Lipinski definition) is 1. The van der Waals surface area contributed by atoms with Crippen LogP contribution in [-0.2, 0) is 16.5 Å². The molecule has 0 atom stereocenters. The molecule has 0 aliphatic carbocycles. The molecule has 6 heteroatoms. The van der Waals surface area contributed by atoms with E-state index in [2.05, 4.69) is 6.92 Å². The standard InChI is InChI=1S/C23H40O4S.Na/c1-2-3-4-5-6-7-8-9-10-11-12-13-14-15-16-17-21-18-19-22(24)23(20-21)28(25,26)27;/h18-20,24H,2-17H2,1H3,(H,25,26,27);/q;+1/p-1. The van der Waals surface area contributed by atoms with Crippen molar-refractivity contribution in [3.63, 3.8) is 0 Å². The first kappa shape index (κ1) is 28.9. The quantitative estimate of drug-likeness (QED) is 0.231. The molecule has 0 fully saturated rings. The van der Waals surface area contributed by atoms with Gasteiger partial charge in [0.1, 0.15) is 0 Å². The fraction of sp³-hybridized carbons (Fsp3) is 0.739. The zero-order chi connectivity index (χ0) is 20.7. The molecule has 1 N–H and O–H groups in total. The summed E-state index contributed by atoms with van der Waals surface area (Å²) in [5.41, 5.74) is 0.793.